The van der Waals surface area contributed by atoms with Crippen LogP contribution in [0.25, 0.3) is 0 Å². The molecule has 26 heavy (non-hydrogen) atoms. The standard InChI is InChI=1S/C19H26N4O2S/c1-22-12-14(11-20-22)18(13-9-16(24)10-13)21-15-4-6-23(7-5-15)19(25)17-3-2-8-26-17/h2-3,8,11-13,15-16,18,21,24H,4-7,9-10H2,1H3/t13?,16?,18-/m0/s1. The molecule has 6 nitrogen and oxygen atoms in total. The van der Waals surface area contributed by atoms with Gasteiger partial charge in [0.1, 0.15) is 0 Å². The summed E-state index contributed by atoms with van der Waals surface area (Å²) < 4.78 is 1.83. The number of nitrogens with zero attached hydrogens (tertiary/aromatic N) is 3. The van der Waals surface area contributed by atoms with Crippen LogP contribution in [0.1, 0.15) is 47.0 Å². The topological polar surface area (TPSA) is 70.4 Å². The number of likely N-dealkylation sites (tertiary alicyclic amines) is 1. The molecule has 0 radical (unpaired) electrons. The first-order chi connectivity index (χ1) is 12.6. The lowest BCUT2D eigenvalue weighted by atomic mass is 9.75. The largest absolute Gasteiger partial charge is 0.393 e. The third-order valence-corrected chi connectivity index (χ3v) is 6.49. The SMILES string of the molecule is Cn1cc([C@@H](NC2CCN(C(=O)c3cccs3)CC2)C2CC(O)C2)cn1. The molecule has 2 aliphatic rings. The van der Waals surface area contributed by atoms with Gasteiger partial charge in [-0.15, -0.1) is 11.3 Å². The molecule has 1 saturated heterocycles. The molecular formula is C19H26N4O2S. The van der Waals surface area contributed by atoms with E-state index in [0.717, 1.165) is 43.6 Å². The zero-order valence-electron chi connectivity index (χ0n) is 15.0. The Labute approximate surface area is 157 Å². The van der Waals surface area contributed by atoms with E-state index in [1.54, 1.807) is 0 Å². The van der Waals surface area contributed by atoms with E-state index in [0.29, 0.717) is 12.0 Å². The molecule has 2 aromatic heterocycles. The number of nitrogens with one attached hydrogen (secondary N) is 1. The minimum Gasteiger partial charge on any atom is -0.393 e. The summed E-state index contributed by atoms with van der Waals surface area (Å²) in [7, 11) is 1.94. The number of aromatic nitrogens is 2. The van der Waals surface area contributed by atoms with Gasteiger partial charge in [-0.25, -0.2) is 0 Å². The fraction of sp³-hybridized carbons (Fsp3) is 0.579. The van der Waals surface area contributed by atoms with Gasteiger partial charge in [0.05, 0.1) is 17.2 Å². The van der Waals surface area contributed by atoms with Crippen LogP contribution in [-0.4, -0.2) is 50.9 Å². The second-order valence-corrected chi connectivity index (χ2v) is 8.47. The Hall–Kier alpha value is -1.70. The Kier molecular flexibility index (Phi) is 5.11. The van der Waals surface area contributed by atoms with Crippen molar-refractivity contribution in [2.75, 3.05) is 13.1 Å². The second-order valence-electron chi connectivity index (χ2n) is 7.52. The third-order valence-electron chi connectivity index (χ3n) is 5.63. The first-order valence-electron chi connectivity index (χ1n) is 9.35. The quantitative estimate of drug-likeness (QED) is 0.842. The van der Waals surface area contributed by atoms with E-state index in [-0.39, 0.29) is 18.1 Å². The fourth-order valence-corrected chi connectivity index (χ4v) is 4.76. The highest BCUT2D eigenvalue weighted by Crippen LogP contribution is 2.38. The van der Waals surface area contributed by atoms with Gasteiger partial charge in [0.25, 0.3) is 5.91 Å². The summed E-state index contributed by atoms with van der Waals surface area (Å²) in [5.41, 5.74) is 1.20. The van der Waals surface area contributed by atoms with E-state index in [2.05, 4.69) is 16.6 Å². The van der Waals surface area contributed by atoms with Crippen molar-refractivity contribution in [1.82, 2.24) is 20.0 Å². The summed E-state index contributed by atoms with van der Waals surface area (Å²) in [5, 5.41) is 19.8. The molecule has 1 atom stereocenters. The average Bonchev–Trinajstić information content (AvgIpc) is 3.29. The van der Waals surface area contributed by atoms with Crippen LogP contribution in [0.3, 0.4) is 0 Å². The predicted octanol–water partition coefficient (Wildman–Crippen LogP) is 2.19. The van der Waals surface area contributed by atoms with E-state index in [4.69, 9.17) is 0 Å². The van der Waals surface area contributed by atoms with Gasteiger partial charge in [-0.2, -0.15) is 5.10 Å². The van der Waals surface area contributed by atoms with Gasteiger partial charge >= 0.3 is 0 Å². The van der Waals surface area contributed by atoms with Gasteiger partial charge in [-0.1, -0.05) is 6.07 Å². The molecular weight excluding hydrogens is 348 g/mol. The van der Waals surface area contributed by atoms with Gasteiger partial charge in [0, 0.05) is 44.0 Å². The number of hydrogen-bond donors (Lipinski definition) is 2. The summed E-state index contributed by atoms with van der Waals surface area (Å²) in [6, 6.07) is 4.46. The van der Waals surface area contributed by atoms with E-state index in [1.165, 1.54) is 16.9 Å². The monoisotopic (exact) mass is 374 g/mol. The van der Waals surface area contributed by atoms with Crippen molar-refractivity contribution >= 4 is 17.2 Å². The van der Waals surface area contributed by atoms with Gasteiger partial charge in [0.15, 0.2) is 0 Å². The Balaban J connectivity index is 1.36. The van der Waals surface area contributed by atoms with Crippen LogP contribution in [0, 0.1) is 5.92 Å². The number of amides is 1. The Morgan fingerprint density at radius 2 is 2.15 bits per heavy atom. The second kappa shape index (κ2) is 7.50. The lowest BCUT2D eigenvalue weighted by Gasteiger charge is -2.41. The molecule has 0 aromatic carbocycles. The van der Waals surface area contributed by atoms with Gasteiger partial charge < -0.3 is 15.3 Å². The molecule has 4 rings (SSSR count). The van der Waals surface area contributed by atoms with Crippen LogP contribution >= 0.6 is 11.3 Å². The summed E-state index contributed by atoms with van der Waals surface area (Å²) >= 11 is 1.51. The molecule has 2 N–H and O–H groups in total. The maximum Gasteiger partial charge on any atom is 0.263 e. The van der Waals surface area contributed by atoms with E-state index in [1.807, 2.05) is 40.3 Å². The van der Waals surface area contributed by atoms with Crippen molar-refractivity contribution in [3.8, 4) is 0 Å². The third kappa shape index (κ3) is 3.70. The van der Waals surface area contributed by atoms with E-state index < -0.39 is 0 Å². The number of aliphatic hydroxyl groups is 1. The number of carbonyl (C=O) groups excluding carboxylic acids is 1. The van der Waals surface area contributed by atoms with Crippen molar-refractivity contribution in [3.05, 3.63) is 40.3 Å². The van der Waals surface area contributed by atoms with Gasteiger partial charge in [-0.3, -0.25) is 9.48 Å². The summed E-state index contributed by atoms with van der Waals surface area (Å²) in [5.74, 6) is 0.615. The normalized spacial score (nSPS) is 25.1. The van der Waals surface area contributed by atoms with Crippen molar-refractivity contribution in [3.63, 3.8) is 0 Å². The molecule has 7 heteroatoms. The van der Waals surface area contributed by atoms with Crippen molar-refractivity contribution < 1.29 is 9.90 Å². The zero-order valence-corrected chi connectivity index (χ0v) is 15.9. The maximum absolute atomic E-state index is 12.5. The molecule has 1 aliphatic heterocycles. The summed E-state index contributed by atoms with van der Waals surface area (Å²) in [6.45, 7) is 1.59. The minimum absolute atomic E-state index is 0.157. The van der Waals surface area contributed by atoms with Crippen LogP contribution in [0.4, 0.5) is 0 Å². The number of aliphatic hydroxyl groups excluding tert-OH is 1. The van der Waals surface area contributed by atoms with Gasteiger partial charge in [0.2, 0.25) is 0 Å². The molecule has 1 aliphatic carbocycles. The first-order valence-corrected chi connectivity index (χ1v) is 10.2. The molecule has 140 valence electrons. The van der Waals surface area contributed by atoms with Crippen LogP contribution in [0.2, 0.25) is 0 Å². The highest BCUT2D eigenvalue weighted by atomic mass is 32.1. The lowest BCUT2D eigenvalue weighted by molar-refractivity contribution is 0.0196. The number of carbonyl (C=O) groups is 1. The lowest BCUT2D eigenvalue weighted by Crippen LogP contribution is -2.48. The molecule has 3 heterocycles. The van der Waals surface area contributed by atoms with Crippen LogP contribution in [0.15, 0.2) is 29.9 Å². The Morgan fingerprint density at radius 1 is 1.38 bits per heavy atom. The highest BCUT2D eigenvalue weighted by molar-refractivity contribution is 7.12. The number of piperidine rings is 1. The molecule has 0 spiro atoms. The van der Waals surface area contributed by atoms with Crippen molar-refractivity contribution in [2.24, 2.45) is 13.0 Å². The van der Waals surface area contributed by atoms with Crippen molar-refractivity contribution in [1.29, 1.82) is 0 Å². The average molecular weight is 375 g/mol. The molecule has 1 amide bonds. The smallest absolute Gasteiger partial charge is 0.263 e. The van der Waals surface area contributed by atoms with Crippen LogP contribution in [-0.2, 0) is 7.05 Å². The molecule has 2 aromatic rings. The van der Waals surface area contributed by atoms with Crippen molar-refractivity contribution in [2.45, 2.75) is 43.9 Å². The summed E-state index contributed by atoms with van der Waals surface area (Å²) in [4.78, 5) is 15.3. The number of aryl methyl sites for hydroxylation is 1. The molecule has 2 fully saturated rings. The molecule has 0 bridgehead atoms. The maximum atomic E-state index is 12.5. The number of rotatable bonds is 5. The summed E-state index contributed by atoms with van der Waals surface area (Å²) in [6.07, 6.45) is 7.46. The van der Waals surface area contributed by atoms with E-state index in [9.17, 15) is 9.90 Å². The Morgan fingerprint density at radius 3 is 2.73 bits per heavy atom. The molecule has 0 unspecified atom stereocenters. The fourth-order valence-electron chi connectivity index (χ4n) is 4.07. The van der Waals surface area contributed by atoms with Gasteiger partial charge in [-0.05, 0) is 43.0 Å². The minimum atomic E-state index is -0.161. The Bertz CT molecular complexity index is 731. The number of hydrogen-bond acceptors (Lipinski definition) is 5. The predicted molar refractivity (Wildman–Crippen MR) is 101 cm³/mol. The molecule has 1 saturated carbocycles. The number of thiophene rings is 1. The first kappa shape index (κ1) is 17.7. The van der Waals surface area contributed by atoms with E-state index >= 15 is 0 Å². The highest BCUT2D eigenvalue weighted by Gasteiger charge is 2.37. The van der Waals surface area contributed by atoms with Crippen LogP contribution < -0.4 is 5.32 Å². The zero-order chi connectivity index (χ0) is 18.1. The van der Waals surface area contributed by atoms with Crippen LogP contribution in [0.5, 0.6) is 0 Å².